The lowest BCUT2D eigenvalue weighted by molar-refractivity contribution is -0.137. The molecule has 0 radical (unpaired) electrons. The van der Waals surface area contributed by atoms with E-state index in [4.69, 9.17) is 0 Å². The van der Waals surface area contributed by atoms with Crippen LogP contribution in [0.5, 0.6) is 0 Å². The number of likely N-dealkylation sites (N-methyl/N-ethyl adjacent to an activating group) is 1. The summed E-state index contributed by atoms with van der Waals surface area (Å²) >= 11 is 0. The molecule has 1 fully saturated rings. The molecule has 0 spiro atoms. The largest absolute Gasteiger partial charge is 0.338 e. The quantitative estimate of drug-likeness (QED) is 0.854. The standard InChI is InChI=1S/C18H24N4O2/c1-13(2)16(18(24)21-10-8-20(3)9-11-21)22-12-19-15-7-5-4-6-14(15)17(22)23/h4-7,12-13,16H,8-11H2,1-3H3. The van der Waals surface area contributed by atoms with Crippen molar-refractivity contribution in [3.63, 3.8) is 0 Å². The van der Waals surface area contributed by atoms with Crippen molar-refractivity contribution in [2.75, 3.05) is 33.2 Å². The summed E-state index contributed by atoms with van der Waals surface area (Å²) in [4.78, 5) is 34.4. The van der Waals surface area contributed by atoms with E-state index in [1.54, 1.807) is 6.07 Å². The average Bonchev–Trinajstić information content (AvgIpc) is 2.57. The van der Waals surface area contributed by atoms with Gasteiger partial charge in [-0.2, -0.15) is 0 Å². The average molecular weight is 328 g/mol. The molecule has 2 aromatic rings. The Balaban J connectivity index is 1.98. The van der Waals surface area contributed by atoms with Crippen LogP contribution in [0.15, 0.2) is 35.4 Å². The monoisotopic (exact) mass is 328 g/mol. The molecule has 1 aromatic carbocycles. The van der Waals surface area contributed by atoms with Crippen molar-refractivity contribution in [3.05, 3.63) is 40.9 Å². The summed E-state index contributed by atoms with van der Waals surface area (Å²) in [5.41, 5.74) is 0.509. The van der Waals surface area contributed by atoms with Crippen LogP contribution >= 0.6 is 0 Å². The van der Waals surface area contributed by atoms with Crippen LogP contribution in [0, 0.1) is 5.92 Å². The fraction of sp³-hybridized carbons (Fsp3) is 0.500. The molecule has 0 bridgehead atoms. The molecule has 0 saturated carbocycles. The molecule has 0 N–H and O–H groups in total. The molecule has 0 aliphatic carbocycles. The molecule has 3 rings (SSSR count). The van der Waals surface area contributed by atoms with Gasteiger partial charge in [-0.1, -0.05) is 26.0 Å². The van der Waals surface area contributed by atoms with Crippen LogP contribution in [-0.2, 0) is 4.79 Å². The first-order valence-corrected chi connectivity index (χ1v) is 8.42. The molecule has 1 aliphatic rings. The van der Waals surface area contributed by atoms with Crippen LogP contribution in [0.1, 0.15) is 19.9 Å². The van der Waals surface area contributed by atoms with Crippen molar-refractivity contribution in [1.82, 2.24) is 19.4 Å². The van der Waals surface area contributed by atoms with Crippen molar-refractivity contribution in [2.45, 2.75) is 19.9 Å². The Kier molecular flexibility index (Phi) is 4.66. The van der Waals surface area contributed by atoms with Crippen LogP contribution in [0.25, 0.3) is 10.9 Å². The third-order valence-electron chi connectivity index (χ3n) is 4.69. The molecule has 1 atom stereocenters. The van der Waals surface area contributed by atoms with Crippen LogP contribution in [0.3, 0.4) is 0 Å². The highest BCUT2D eigenvalue weighted by Crippen LogP contribution is 2.20. The molecule has 1 unspecified atom stereocenters. The van der Waals surface area contributed by atoms with Gasteiger partial charge in [-0.25, -0.2) is 4.98 Å². The van der Waals surface area contributed by atoms with E-state index in [-0.39, 0.29) is 17.4 Å². The Morgan fingerprint density at radius 3 is 2.46 bits per heavy atom. The van der Waals surface area contributed by atoms with E-state index in [1.807, 2.05) is 36.9 Å². The minimum atomic E-state index is -0.516. The summed E-state index contributed by atoms with van der Waals surface area (Å²) in [6, 6.07) is 6.74. The van der Waals surface area contributed by atoms with Gasteiger partial charge < -0.3 is 9.80 Å². The summed E-state index contributed by atoms with van der Waals surface area (Å²) in [5, 5.41) is 0.553. The third-order valence-corrected chi connectivity index (χ3v) is 4.69. The molecule has 1 saturated heterocycles. The maximum absolute atomic E-state index is 13.1. The maximum Gasteiger partial charge on any atom is 0.261 e. The van der Waals surface area contributed by atoms with Gasteiger partial charge in [0.2, 0.25) is 5.91 Å². The van der Waals surface area contributed by atoms with Crippen LogP contribution in [-0.4, -0.2) is 58.5 Å². The zero-order chi connectivity index (χ0) is 17.3. The highest BCUT2D eigenvalue weighted by molar-refractivity contribution is 5.82. The molecule has 128 valence electrons. The smallest absolute Gasteiger partial charge is 0.261 e. The topological polar surface area (TPSA) is 58.4 Å². The number of carbonyl (C=O) groups excluding carboxylic acids is 1. The van der Waals surface area contributed by atoms with E-state index >= 15 is 0 Å². The first-order valence-electron chi connectivity index (χ1n) is 8.42. The van der Waals surface area contributed by atoms with Gasteiger partial charge in [0, 0.05) is 26.2 Å². The summed E-state index contributed by atoms with van der Waals surface area (Å²) in [6.07, 6.45) is 1.52. The van der Waals surface area contributed by atoms with E-state index < -0.39 is 6.04 Å². The first kappa shape index (κ1) is 16.6. The first-order chi connectivity index (χ1) is 11.5. The zero-order valence-corrected chi connectivity index (χ0v) is 14.5. The number of fused-ring (bicyclic) bond motifs is 1. The zero-order valence-electron chi connectivity index (χ0n) is 14.5. The van der Waals surface area contributed by atoms with Crippen molar-refractivity contribution in [3.8, 4) is 0 Å². The Labute approximate surface area is 141 Å². The number of amides is 1. The van der Waals surface area contributed by atoms with Crippen molar-refractivity contribution >= 4 is 16.8 Å². The number of hydrogen-bond acceptors (Lipinski definition) is 4. The molecular formula is C18H24N4O2. The number of rotatable bonds is 3. The number of aromatic nitrogens is 2. The van der Waals surface area contributed by atoms with E-state index in [0.29, 0.717) is 24.0 Å². The molecule has 6 nitrogen and oxygen atoms in total. The highest BCUT2D eigenvalue weighted by atomic mass is 16.2. The van der Waals surface area contributed by atoms with Gasteiger partial charge in [0.05, 0.1) is 17.2 Å². The van der Waals surface area contributed by atoms with E-state index in [2.05, 4.69) is 16.9 Å². The number of para-hydroxylation sites is 1. The maximum atomic E-state index is 13.1. The van der Waals surface area contributed by atoms with Crippen LogP contribution < -0.4 is 5.56 Å². The number of piperazine rings is 1. The van der Waals surface area contributed by atoms with Crippen LogP contribution in [0.2, 0.25) is 0 Å². The summed E-state index contributed by atoms with van der Waals surface area (Å²) in [7, 11) is 2.06. The van der Waals surface area contributed by atoms with Crippen LogP contribution in [0.4, 0.5) is 0 Å². The third kappa shape index (κ3) is 3.06. The van der Waals surface area contributed by atoms with Gasteiger partial charge >= 0.3 is 0 Å². The number of hydrogen-bond donors (Lipinski definition) is 0. The normalized spacial score (nSPS) is 17.4. The molecule has 24 heavy (non-hydrogen) atoms. The lowest BCUT2D eigenvalue weighted by Crippen LogP contribution is -2.51. The van der Waals surface area contributed by atoms with Gasteiger partial charge in [-0.05, 0) is 25.1 Å². The fourth-order valence-electron chi connectivity index (χ4n) is 3.22. The lowest BCUT2D eigenvalue weighted by Gasteiger charge is -2.36. The summed E-state index contributed by atoms with van der Waals surface area (Å²) in [5.74, 6) is 0.0232. The van der Waals surface area contributed by atoms with Crippen molar-refractivity contribution in [1.29, 1.82) is 0 Å². The van der Waals surface area contributed by atoms with Gasteiger partial charge in [-0.15, -0.1) is 0 Å². The van der Waals surface area contributed by atoms with Gasteiger partial charge in [0.25, 0.3) is 5.56 Å². The summed E-state index contributed by atoms with van der Waals surface area (Å²) in [6.45, 7) is 7.08. The minimum Gasteiger partial charge on any atom is -0.338 e. The minimum absolute atomic E-state index is 0.0114. The lowest BCUT2D eigenvalue weighted by atomic mass is 10.0. The molecule has 1 aromatic heterocycles. The van der Waals surface area contributed by atoms with Crippen molar-refractivity contribution < 1.29 is 4.79 Å². The summed E-state index contributed by atoms with van der Waals surface area (Å²) < 4.78 is 1.51. The van der Waals surface area contributed by atoms with Gasteiger partial charge in [0.15, 0.2) is 0 Å². The Morgan fingerprint density at radius 1 is 1.12 bits per heavy atom. The Bertz CT molecular complexity index is 791. The Morgan fingerprint density at radius 2 is 1.79 bits per heavy atom. The fourth-order valence-corrected chi connectivity index (χ4v) is 3.22. The van der Waals surface area contributed by atoms with Crippen molar-refractivity contribution in [2.24, 2.45) is 5.92 Å². The van der Waals surface area contributed by atoms with Gasteiger partial charge in [0.1, 0.15) is 6.04 Å². The molecule has 6 heteroatoms. The second kappa shape index (κ2) is 6.73. The number of carbonyl (C=O) groups is 1. The SMILES string of the molecule is CC(C)C(C(=O)N1CCN(C)CC1)n1cnc2ccccc2c1=O. The molecular weight excluding hydrogens is 304 g/mol. The predicted molar refractivity (Wildman–Crippen MR) is 94.0 cm³/mol. The van der Waals surface area contributed by atoms with Gasteiger partial charge in [-0.3, -0.25) is 14.2 Å². The molecule has 1 amide bonds. The highest BCUT2D eigenvalue weighted by Gasteiger charge is 2.31. The number of nitrogens with zero attached hydrogens (tertiary/aromatic N) is 4. The molecule has 2 heterocycles. The second-order valence-electron chi connectivity index (χ2n) is 6.79. The van der Waals surface area contributed by atoms with E-state index in [0.717, 1.165) is 13.1 Å². The van der Waals surface area contributed by atoms with E-state index in [9.17, 15) is 9.59 Å². The second-order valence-corrected chi connectivity index (χ2v) is 6.79. The van der Waals surface area contributed by atoms with E-state index in [1.165, 1.54) is 10.9 Å². The predicted octanol–water partition coefficient (Wildman–Crippen LogP) is 1.37. The number of benzene rings is 1. The molecule has 1 aliphatic heterocycles. The Hall–Kier alpha value is -2.21.